The van der Waals surface area contributed by atoms with Crippen LogP contribution in [0.1, 0.15) is 39.5 Å². The van der Waals surface area contributed by atoms with Crippen molar-refractivity contribution in [2.24, 2.45) is 11.3 Å². The lowest BCUT2D eigenvalue weighted by molar-refractivity contribution is 0.0306. The molecular formula is C19H32N4O2. The topological polar surface area (TPSA) is 77.5 Å². The molecule has 6 heteroatoms. The monoisotopic (exact) mass is 348 g/mol. The zero-order chi connectivity index (χ0) is 18.1. The maximum absolute atomic E-state index is 12.4. The molecule has 0 spiro atoms. The third kappa shape index (κ3) is 6.20. The van der Waals surface area contributed by atoms with E-state index < -0.39 is 0 Å². The van der Waals surface area contributed by atoms with Crippen LogP contribution in [-0.2, 0) is 0 Å². The van der Waals surface area contributed by atoms with E-state index in [4.69, 9.17) is 0 Å². The number of hydrogen-bond acceptors (Lipinski definition) is 4. The Hall–Kier alpha value is -1.82. The summed E-state index contributed by atoms with van der Waals surface area (Å²) < 4.78 is 0. The molecule has 1 fully saturated rings. The van der Waals surface area contributed by atoms with Crippen LogP contribution in [0.2, 0.25) is 0 Å². The molecule has 140 valence electrons. The molecule has 25 heavy (non-hydrogen) atoms. The number of pyridine rings is 1. The highest BCUT2D eigenvalue weighted by Gasteiger charge is 2.37. The Balaban J connectivity index is 1.71. The number of nitrogens with one attached hydrogen (secondary N) is 2. The number of piperidine rings is 1. The van der Waals surface area contributed by atoms with Gasteiger partial charge < -0.3 is 20.6 Å². The minimum Gasteiger partial charge on any atom is -0.396 e. The van der Waals surface area contributed by atoms with Crippen LogP contribution in [0.15, 0.2) is 24.5 Å². The standard InChI is InChI=1S/C19H32N4O2/c1-16(2)12-19(15-24)7-4-11-23(14-19)18(25)22-10-5-9-21-17-6-3-8-20-13-17/h3,6,8,13,16,21,24H,4-5,7,9-12,14-15H2,1-2H3,(H,22,25)/t19-/m1/s1. The van der Waals surface area contributed by atoms with Crippen molar-refractivity contribution in [2.75, 3.05) is 38.1 Å². The summed E-state index contributed by atoms with van der Waals surface area (Å²) in [7, 11) is 0. The summed E-state index contributed by atoms with van der Waals surface area (Å²) in [6.07, 6.45) is 7.31. The van der Waals surface area contributed by atoms with Crippen LogP contribution in [0.3, 0.4) is 0 Å². The average molecular weight is 348 g/mol. The van der Waals surface area contributed by atoms with Crippen LogP contribution in [0.25, 0.3) is 0 Å². The molecule has 0 radical (unpaired) electrons. The number of carbonyl (C=O) groups is 1. The van der Waals surface area contributed by atoms with Gasteiger partial charge in [-0.1, -0.05) is 13.8 Å². The fraction of sp³-hybridized carbons (Fsp3) is 0.684. The van der Waals surface area contributed by atoms with E-state index in [1.807, 2.05) is 17.0 Å². The zero-order valence-electron chi connectivity index (χ0n) is 15.5. The Kier molecular flexibility index (Phi) is 7.50. The first kappa shape index (κ1) is 19.5. The minimum atomic E-state index is -0.133. The van der Waals surface area contributed by atoms with Crippen molar-refractivity contribution in [1.29, 1.82) is 0 Å². The van der Waals surface area contributed by atoms with Crippen molar-refractivity contribution < 1.29 is 9.90 Å². The number of aliphatic hydroxyl groups excluding tert-OH is 1. The van der Waals surface area contributed by atoms with Crippen LogP contribution in [0, 0.1) is 11.3 Å². The van der Waals surface area contributed by atoms with E-state index >= 15 is 0 Å². The van der Waals surface area contributed by atoms with Crippen molar-refractivity contribution in [3.05, 3.63) is 24.5 Å². The molecule has 1 saturated heterocycles. The van der Waals surface area contributed by atoms with Crippen molar-refractivity contribution in [1.82, 2.24) is 15.2 Å². The molecule has 2 heterocycles. The van der Waals surface area contributed by atoms with E-state index in [2.05, 4.69) is 29.5 Å². The average Bonchev–Trinajstić information content (AvgIpc) is 2.61. The molecule has 0 unspecified atom stereocenters. The summed E-state index contributed by atoms with van der Waals surface area (Å²) in [5, 5.41) is 16.2. The molecule has 0 bridgehead atoms. The summed E-state index contributed by atoms with van der Waals surface area (Å²) in [5.41, 5.74) is 0.859. The van der Waals surface area contributed by atoms with Gasteiger partial charge in [0.15, 0.2) is 0 Å². The molecule has 1 aromatic rings. The van der Waals surface area contributed by atoms with E-state index in [1.165, 1.54) is 0 Å². The Morgan fingerprint density at radius 3 is 2.96 bits per heavy atom. The Bertz CT molecular complexity index is 523. The molecule has 1 aliphatic heterocycles. The first-order valence-corrected chi connectivity index (χ1v) is 9.32. The van der Waals surface area contributed by atoms with Crippen LogP contribution >= 0.6 is 0 Å². The summed E-state index contributed by atoms with van der Waals surface area (Å²) in [4.78, 5) is 18.4. The highest BCUT2D eigenvalue weighted by atomic mass is 16.3. The van der Waals surface area contributed by atoms with Gasteiger partial charge in [0.2, 0.25) is 0 Å². The van der Waals surface area contributed by atoms with Gasteiger partial charge in [-0.2, -0.15) is 0 Å². The third-order valence-electron chi connectivity index (χ3n) is 4.75. The molecule has 1 aliphatic rings. The van der Waals surface area contributed by atoms with Gasteiger partial charge in [-0.25, -0.2) is 4.79 Å². The predicted molar refractivity (Wildman–Crippen MR) is 101 cm³/mol. The number of anilines is 1. The minimum absolute atomic E-state index is 0.0114. The largest absolute Gasteiger partial charge is 0.396 e. The summed E-state index contributed by atoms with van der Waals surface area (Å²) in [5.74, 6) is 0.522. The zero-order valence-corrected chi connectivity index (χ0v) is 15.5. The number of aromatic nitrogens is 1. The highest BCUT2D eigenvalue weighted by molar-refractivity contribution is 5.74. The van der Waals surface area contributed by atoms with E-state index in [-0.39, 0.29) is 18.1 Å². The predicted octanol–water partition coefficient (Wildman–Crippen LogP) is 2.71. The molecule has 1 atom stereocenters. The number of hydrogen-bond donors (Lipinski definition) is 3. The Labute approximate surface area is 151 Å². The van der Waals surface area contributed by atoms with Crippen molar-refractivity contribution in [2.45, 2.75) is 39.5 Å². The summed E-state index contributed by atoms with van der Waals surface area (Å²) >= 11 is 0. The normalized spacial score (nSPS) is 20.6. The van der Waals surface area contributed by atoms with Gasteiger partial charge in [-0.3, -0.25) is 4.98 Å². The quantitative estimate of drug-likeness (QED) is 0.631. The number of carbonyl (C=O) groups excluding carboxylic acids is 1. The number of urea groups is 1. The smallest absolute Gasteiger partial charge is 0.317 e. The fourth-order valence-electron chi connectivity index (χ4n) is 3.70. The van der Waals surface area contributed by atoms with Gasteiger partial charge in [0.1, 0.15) is 0 Å². The number of aliphatic hydroxyl groups is 1. The van der Waals surface area contributed by atoms with Crippen LogP contribution in [0.4, 0.5) is 10.5 Å². The molecule has 6 nitrogen and oxygen atoms in total. The van der Waals surface area contributed by atoms with Crippen LogP contribution < -0.4 is 10.6 Å². The summed E-state index contributed by atoms with van der Waals surface area (Å²) in [6.45, 7) is 7.36. The first-order chi connectivity index (χ1) is 12.0. The van der Waals surface area contributed by atoms with Gasteiger partial charge in [-0.05, 0) is 43.7 Å². The van der Waals surface area contributed by atoms with Gasteiger partial charge in [0, 0.05) is 44.0 Å². The highest BCUT2D eigenvalue weighted by Crippen LogP contribution is 2.35. The molecule has 2 amide bonds. The number of rotatable bonds is 8. The van der Waals surface area contributed by atoms with Gasteiger partial charge in [-0.15, -0.1) is 0 Å². The first-order valence-electron chi connectivity index (χ1n) is 9.32. The maximum Gasteiger partial charge on any atom is 0.317 e. The Morgan fingerprint density at radius 2 is 2.28 bits per heavy atom. The second-order valence-electron chi connectivity index (χ2n) is 7.54. The van der Waals surface area contributed by atoms with Gasteiger partial charge in [0.05, 0.1) is 12.3 Å². The van der Waals surface area contributed by atoms with Crippen molar-refractivity contribution in [3.8, 4) is 0 Å². The van der Waals surface area contributed by atoms with E-state index in [0.717, 1.165) is 44.5 Å². The van der Waals surface area contributed by atoms with Crippen molar-refractivity contribution >= 4 is 11.7 Å². The van der Waals surface area contributed by atoms with Gasteiger partial charge >= 0.3 is 6.03 Å². The second-order valence-corrected chi connectivity index (χ2v) is 7.54. The number of likely N-dealkylation sites (tertiary alicyclic amines) is 1. The van der Waals surface area contributed by atoms with Gasteiger partial charge in [0.25, 0.3) is 0 Å². The van der Waals surface area contributed by atoms with Crippen LogP contribution in [-0.4, -0.2) is 53.8 Å². The van der Waals surface area contributed by atoms with Crippen molar-refractivity contribution in [3.63, 3.8) is 0 Å². The summed E-state index contributed by atoms with van der Waals surface area (Å²) in [6, 6.07) is 3.86. The molecule has 0 aromatic carbocycles. The number of amides is 2. The lowest BCUT2D eigenvalue weighted by Crippen LogP contribution is -2.51. The van der Waals surface area contributed by atoms with E-state index in [0.29, 0.717) is 19.0 Å². The Morgan fingerprint density at radius 1 is 1.44 bits per heavy atom. The molecule has 3 N–H and O–H groups in total. The second kappa shape index (κ2) is 9.61. The van der Waals surface area contributed by atoms with E-state index in [9.17, 15) is 9.90 Å². The van der Waals surface area contributed by atoms with E-state index in [1.54, 1.807) is 12.4 Å². The molecular weight excluding hydrogens is 316 g/mol. The molecule has 0 saturated carbocycles. The van der Waals surface area contributed by atoms with Crippen LogP contribution in [0.5, 0.6) is 0 Å². The maximum atomic E-state index is 12.4. The third-order valence-corrected chi connectivity index (χ3v) is 4.75. The lowest BCUT2D eigenvalue weighted by Gasteiger charge is -2.42. The molecule has 0 aliphatic carbocycles. The molecule has 1 aromatic heterocycles. The number of nitrogens with zero attached hydrogens (tertiary/aromatic N) is 2. The SMILES string of the molecule is CC(C)C[C@]1(CO)CCCN(C(=O)NCCCNc2cccnc2)C1. The lowest BCUT2D eigenvalue weighted by atomic mass is 9.74. The molecule has 2 rings (SSSR count). The fourth-order valence-corrected chi connectivity index (χ4v) is 3.70.